The van der Waals surface area contributed by atoms with E-state index in [0.717, 1.165) is 16.8 Å². The number of fused-ring (bicyclic) bond motifs is 1. The zero-order valence-corrected chi connectivity index (χ0v) is 15.4. The van der Waals surface area contributed by atoms with Gasteiger partial charge in [-0.15, -0.1) is 0 Å². The molecule has 0 radical (unpaired) electrons. The van der Waals surface area contributed by atoms with Crippen molar-refractivity contribution < 1.29 is 4.74 Å². The van der Waals surface area contributed by atoms with Crippen molar-refractivity contribution in [2.75, 3.05) is 11.9 Å². The van der Waals surface area contributed by atoms with Crippen LogP contribution in [0.5, 0.6) is 5.75 Å². The van der Waals surface area contributed by atoms with Crippen LogP contribution >= 0.6 is 12.2 Å². The quantitative estimate of drug-likeness (QED) is 0.575. The summed E-state index contributed by atoms with van der Waals surface area (Å²) < 4.78 is 5.84. The second-order valence-corrected chi connectivity index (χ2v) is 5.85. The molecule has 3 nitrogen and oxygen atoms in total. The molecule has 0 amide bonds. The van der Waals surface area contributed by atoms with Crippen LogP contribution in [0.4, 0.5) is 5.69 Å². The molecule has 3 aromatic rings. The van der Waals surface area contributed by atoms with Crippen LogP contribution in [-0.2, 0) is 0 Å². The highest BCUT2D eigenvalue weighted by Crippen LogP contribution is 2.22. The third kappa shape index (κ3) is 5.03. The molecule has 0 aliphatic rings. The largest absolute Gasteiger partial charge is 0.432 e. The van der Waals surface area contributed by atoms with Crippen molar-refractivity contribution in [2.24, 2.45) is 0 Å². The van der Waals surface area contributed by atoms with Gasteiger partial charge in [-0.1, -0.05) is 42.5 Å². The number of ether oxygens (including phenoxy) is 1. The molecule has 0 spiro atoms. The minimum atomic E-state index is 0.431. The lowest BCUT2D eigenvalue weighted by Gasteiger charge is -2.20. The predicted molar refractivity (Wildman–Crippen MR) is 108 cm³/mol. The Labute approximate surface area is 154 Å². The Morgan fingerprint density at radius 3 is 2.36 bits per heavy atom. The third-order valence-corrected chi connectivity index (χ3v) is 3.95. The second-order valence-electron chi connectivity index (χ2n) is 5.50. The number of rotatable bonds is 2. The standard InChI is InChI=1S/C19H17NOS.C2H3N/c1-14-6-5-9-17(12-14)20(2)19(22)21-18-11-10-15-7-3-4-8-16(15)13-18;1-2-3/h3-13H,1-2H3;1H3. The summed E-state index contributed by atoms with van der Waals surface area (Å²) in [5.74, 6) is 0.753. The summed E-state index contributed by atoms with van der Waals surface area (Å²) in [6.07, 6.45) is 0. The maximum Gasteiger partial charge on any atom is 0.269 e. The molecule has 0 unspecified atom stereocenters. The zero-order chi connectivity index (χ0) is 18.2. The molecule has 0 saturated heterocycles. The van der Waals surface area contributed by atoms with E-state index in [0.29, 0.717) is 5.17 Å². The van der Waals surface area contributed by atoms with E-state index in [1.54, 1.807) is 6.07 Å². The fourth-order valence-electron chi connectivity index (χ4n) is 2.34. The van der Waals surface area contributed by atoms with Crippen LogP contribution in [0.3, 0.4) is 0 Å². The van der Waals surface area contributed by atoms with E-state index >= 15 is 0 Å². The Balaban J connectivity index is 0.000000701. The first kappa shape index (κ1) is 18.4. The summed E-state index contributed by atoms with van der Waals surface area (Å²) in [6, 6.07) is 24.1. The van der Waals surface area contributed by atoms with Crippen LogP contribution in [0, 0.1) is 18.3 Å². The first-order chi connectivity index (χ1) is 12.0. The average molecular weight is 348 g/mol. The van der Waals surface area contributed by atoms with Crippen LogP contribution < -0.4 is 9.64 Å². The molecular weight excluding hydrogens is 328 g/mol. The van der Waals surface area contributed by atoms with Gasteiger partial charge < -0.3 is 9.64 Å². The first-order valence-corrected chi connectivity index (χ1v) is 8.28. The first-order valence-electron chi connectivity index (χ1n) is 7.87. The molecule has 0 atom stereocenters. The Bertz CT molecular complexity index is 915. The van der Waals surface area contributed by atoms with Gasteiger partial charge in [-0.2, -0.15) is 5.26 Å². The van der Waals surface area contributed by atoms with E-state index in [9.17, 15) is 0 Å². The van der Waals surface area contributed by atoms with Gasteiger partial charge in [0.2, 0.25) is 0 Å². The normalized spacial score (nSPS) is 9.52. The molecule has 25 heavy (non-hydrogen) atoms. The van der Waals surface area contributed by atoms with Gasteiger partial charge in [0.25, 0.3) is 5.17 Å². The van der Waals surface area contributed by atoms with Crippen molar-refractivity contribution in [2.45, 2.75) is 13.8 Å². The van der Waals surface area contributed by atoms with Gasteiger partial charge in [0.05, 0.1) is 6.07 Å². The molecule has 0 aromatic heterocycles. The number of aryl methyl sites for hydroxylation is 1. The summed E-state index contributed by atoms with van der Waals surface area (Å²) in [5.41, 5.74) is 2.21. The number of thiocarbonyl (C=S) groups is 1. The van der Waals surface area contributed by atoms with Crippen LogP contribution in [0.25, 0.3) is 10.8 Å². The topological polar surface area (TPSA) is 36.3 Å². The van der Waals surface area contributed by atoms with Crippen molar-refractivity contribution in [3.8, 4) is 11.8 Å². The zero-order valence-electron chi connectivity index (χ0n) is 14.6. The molecule has 3 rings (SSSR count). The molecular formula is C21H20N2OS. The van der Waals surface area contributed by atoms with Gasteiger partial charge in [0, 0.05) is 19.7 Å². The number of hydrogen-bond acceptors (Lipinski definition) is 3. The fraction of sp³-hybridized carbons (Fsp3) is 0.143. The van der Waals surface area contributed by atoms with Crippen LogP contribution in [0.2, 0.25) is 0 Å². The molecule has 0 N–H and O–H groups in total. The third-order valence-electron chi connectivity index (χ3n) is 3.59. The molecule has 0 aliphatic heterocycles. The van der Waals surface area contributed by atoms with Crippen LogP contribution in [-0.4, -0.2) is 12.2 Å². The van der Waals surface area contributed by atoms with E-state index in [1.165, 1.54) is 17.9 Å². The fourth-order valence-corrected chi connectivity index (χ4v) is 2.54. The van der Waals surface area contributed by atoms with E-state index in [4.69, 9.17) is 22.2 Å². The smallest absolute Gasteiger partial charge is 0.269 e. The van der Waals surface area contributed by atoms with Crippen molar-refractivity contribution in [1.82, 2.24) is 0 Å². The maximum atomic E-state index is 7.32. The van der Waals surface area contributed by atoms with Gasteiger partial charge in [-0.3, -0.25) is 0 Å². The molecule has 0 heterocycles. The highest BCUT2D eigenvalue weighted by Gasteiger charge is 2.09. The van der Waals surface area contributed by atoms with Crippen molar-refractivity contribution in [3.63, 3.8) is 0 Å². The number of hydrogen-bond donors (Lipinski definition) is 0. The van der Waals surface area contributed by atoms with Gasteiger partial charge in [-0.25, -0.2) is 0 Å². The highest BCUT2D eigenvalue weighted by molar-refractivity contribution is 7.80. The summed E-state index contributed by atoms with van der Waals surface area (Å²) >= 11 is 5.41. The van der Waals surface area contributed by atoms with Gasteiger partial charge in [0.15, 0.2) is 0 Å². The summed E-state index contributed by atoms with van der Waals surface area (Å²) in [7, 11) is 1.91. The van der Waals surface area contributed by atoms with E-state index in [1.807, 2.05) is 54.4 Å². The van der Waals surface area contributed by atoms with Gasteiger partial charge in [0.1, 0.15) is 5.75 Å². The Morgan fingerprint density at radius 1 is 1.00 bits per heavy atom. The average Bonchev–Trinajstić information content (AvgIpc) is 2.61. The molecule has 0 aliphatic carbocycles. The van der Waals surface area contributed by atoms with Crippen molar-refractivity contribution in [3.05, 3.63) is 72.3 Å². The summed E-state index contributed by atoms with van der Waals surface area (Å²) in [6.45, 7) is 3.49. The summed E-state index contributed by atoms with van der Waals surface area (Å²) in [4.78, 5) is 1.87. The maximum absolute atomic E-state index is 7.32. The Kier molecular flexibility index (Phi) is 6.50. The predicted octanol–water partition coefficient (Wildman–Crippen LogP) is 5.48. The number of nitriles is 1. The van der Waals surface area contributed by atoms with E-state index < -0.39 is 0 Å². The van der Waals surface area contributed by atoms with E-state index in [2.05, 4.69) is 31.2 Å². The van der Waals surface area contributed by atoms with Crippen LogP contribution in [0.1, 0.15) is 12.5 Å². The summed E-state index contributed by atoms with van der Waals surface area (Å²) in [5, 5.41) is 10.1. The number of anilines is 1. The lowest BCUT2D eigenvalue weighted by molar-refractivity contribution is 0.553. The number of nitrogens with zero attached hydrogens (tertiary/aromatic N) is 2. The number of benzene rings is 3. The van der Waals surface area contributed by atoms with Gasteiger partial charge >= 0.3 is 0 Å². The minimum absolute atomic E-state index is 0.431. The lowest BCUT2D eigenvalue weighted by Crippen LogP contribution is -2.29. The van der Waals surface area contributed by atoms with Crippen molar-refractivity contribution in [1.29, 1.82) is 5.26 Å². The molecule has 3 aromatic carbocycles. The SMILES string of the molecule is CC#N.Cc1cccc(N(C)C(=S)Oc2ccc3ccccc3c2)c1. The molecule has 0 fully saturated rings. The van der Waals surface area contributed by atoms with Crippen molar-refractivity contribution >= 4 is 33.9 Å². The molecule has 126 valence electrons. The Morgan fingerprint density at radius 2 is 1.68 bits per heavy atom. The lowest BCUT2D eigenvalue weighted by atomic mass is 10.1. The highest BCUT2D eigenvalue weighted by atomic mass is 32.1. The molecule has 0 saturated carbocycles. The molecule has 4 heteroatoms. The Hall–Kier alpha value is -2.90. The van der Waals surface area contributed by atoms with Crippen LogP contribution in [0.15, 0.2) is 66.7 Å². The molecule has 0 bridgehead atoms. The van der Waals surface area contributed by atoms with E-state index in [-0.39, 0.29) is 0 Å². The second kappa shape index (κ2) is 8.81. The van der Waals surface area contributed by atoms with Gasteiger partial charge in [-0.05, 0) is 59.7 Å². The monoisotopic (exact) mass is 348 g/mol. The minimum Gasteiger partial charge on any atom is -0.432 e.